The average molecular weight is 290 g/mol. The molecule has 0 aromatic carbocycles. The maximum Gasteiger partial charge on any atom is 0.185 e. The fourth-order valence-electron chi connectivity index (χ4n) is 1.74. The van der Waals surface area contributed by atoms with Crippen LogP contribution in [0.15, 0.2) is 29.9 Å². The van der Waals surface area contributed by atoms with Gasteiger partial charge in [0.2, 0.25) is 0 Å². The quantitative estimate of drug-likeness (QED) is 0.919. The third-order valence-electron chi connectivity index (χ3n) is 2.84. The van der Waals surface area contributed by atoms with E-state index in [1.165, 1.54) is 5.56 Å². The largest absolute Gasteiger partial charge is 0.347 e. The highest BCUT2D eigenvalue weighted by Gasteiger charge is 2.11. The first kappa shape index (κ1) is 14.9. The molecule has 0 saturated heterocycles. The Morgan fingerprint density at radius 1 is 1.25 bits per heavy atom. The zero-order chi connectivity index (χ0) is 14.6. The molecule has 2 rings (SSSR count). The van der Waals surface area contributed by atoms with Crippen molar-refractivity contribution in [3.8, 4) is 0 Å². The normalized spacial score (nSPS) is 11.6. The molecule has 4 nitrogen and oxygen atoms in total. The molecule has 0 spiro atoms. The van der Waals surface area contributed by atoms with Crippen molar-refractivity contribution in [3.63, 3.8) is 0 Å². The van der Waals surface area contributed by atoms with E-state index in [4.69, 9.17) is 0 Å². The van der Waals surface area contributed by atoms with Gasteiger partial charge in [0.15, 0.2) is 5.13 Å². The highest BCUT2D eigenvalue weighted by molar-refractivity contribution is 7.13. The van der Waals surface area contributed by atoms with Gasteiger partial charge in [-0.1, -0.05) is 0 Å². The summed E-state index contributed by atoms with van der Waals surface area (Å²) in [4.78, 5) is 10.9. The molecule has 2 aromatic heterocycles. The molecule has 0 bridgehead atoms. The number of pyridine rings is 1. The minimum atomic E-state index is 0.118. The summed E-state index contributed by atoms with van der Waals surface area (Å²) >= 11 is 1.69. The Kier molecular flexibility index (Phi) is 4.73. The molecule has 0 aliphatic carbocycles. The van der Waals surface area contributed by atoms with Crippen molar-refractivity contribution in [1.29, 1.82) is 0 Å². The lowest BCUT2D eigenvalue weighted by Gasteiger charge is -2.19. The summed E-state index contributed by atoms with van der Waals surface area (Å²) in [6.07, 6.45) is 3.65. The van der Waals surface area contributed by atoms with E-state index in [0.717, 1.165) is 23.9 Å². The fraction of sp³-hybridized carbons (Fsp3) is 0.467. The minimum absolute atomic E-state index is 0.118. The molecule has 0 unspecified atom stereocenters. The predicted octanol–water partition coefficient (Wildman–Crippen LogP) is 3.06. The zero-order valence-electron chi connectivity index (χ0n) is 12.6. The highest BCUT2D eigenvalue weighted by Crippen LogP contribution is 2.21. The Morgan fingerprint density at radius 2 is 1.95 bits per heavy atom. The van der Waals surface area contributed by atoms with Crippen molar-refractivity contribution >= 4 is 16.5 Å². The number of thiazole rings is 1. The van der Waals surface area contributed by atoms with Gasteiger partial charge in [0.05, 0.1) is 5.69 Å². The lowest BCUT2D eigenvalue weighted by atomic mass is 10.1. The first-order chi connectivity index (χ1) is 9.44. The van der Waals surface area contributed by atoms with Gasteiger partial charge in [-0.2, -0.15) is 0 Å². The number of hydrogen-bond acceptors (Lipinski definition) is 5. The van der Waals surface area contributed by atoms with Gasteiger partial charge in [-0.3, -0.25) is 4.98 Å². The van der Waals surface area contributed by atoms with Crippen LogP contribution in [0.1, 0.15) is 32.0 Å². The number of rotatable bonds is 5. The van der Waals surface area contributed by atoms with E-state index in [9.17, 15) is 0 Å². The lowest BCUT2D eigenvalue weighted by molar-refractivity contribution is 0.422. The van der Waals surface area contributed by atoms with Crippen LogP contribution in [0.25, 0.3) is 0 Å². The number of anilines is 1. The van der Waals surface area contributed by atoms with Crippen LogP contribution in [0.3, 0.4) is 0 Å². The Labute approximate surface area is 124 Å². The Bertz CT molecular complexity index is 530. The van der Waals surface area contributed by atoms with E-state index < -0.39 is 0 Å². The predicted molar refractivity (Wildman–Crippen MR) is 85.1 cm³/mol. The van der Waals surface area contributed by atoms with Crippen LogP contribution < -0.4 is 10.2 Å². The van der Waals surface area contributed by atoms with E-state index in [0.29, 0.717) is 0 Å². The van der Waals surface area contributed by atoms with Crippen molar-refractivity contribution in [2.45, 2.75) is 39.4 Å². The summed E-state index contributed by atoms with van der Waals surface area (Å²) in [5.41, 5.74) is 2.46. The van der Waals surface area contributed by atoms with Crippen molar-refractivity contribution < 1.29 is 0 Å². The smallest absolute Gasteiger partial charge is 0.185 e. The summed E-state index contributed by atoms with van der Waals surface area (Å²) in [6, 6.07) is 4.07. The molecular formula is C15H22N4S. The molecule has 0 atom stereocenters. The maximum absolute atomic E-state index is 4.68. The standard InChI is InChI=1S/C15H22N4S/c1-15(2,3)17-9-13-11-20-14(18-13)19(4)10-12-5-7-16-8-6-12/h5-8,11,17H,9-10H2,1-4H3. The molecule has 0 aliphatic rings. The van der Waals surface area contributed by atoms with Crippen molar-refractivity contribution in [2.24, 2.45) is 0 Å². The second-order valence-corrected chi connectivity index (χ2v) is 6.77. The van der Waals surface area contributed by atoms with Gasteiger partial charge in [0.1, 0.15) is 0 Å². The number of aromatic nitrogens is 2. The molecule has 0 aliphatic heterocycles. The number of nitrogens with one attached hydrogen (secondary N) is 1. The van der Waals surface area contributed by atoms with E-state index in [1.54, 1.807) is 11.3 Å². The summed E-state index contributed by atoms with van der Waals surface area (Å²) < 4.78 is 0. The summed E-state index contributed by atoms with van der Waals surface area (Å²) in [5, 5.41) is 6.63. The second-order valence-electron chi connectivity index (χ2n) is 5.94. The molecule has 2 aromatic rings. The van der Waals surface area contributed by atoms with Crippen LogP contribution in [0.5, 0.6) is 0 Å². The van der Waals surface area contributed by atoms with Gasteiger partial charge >= 0.3 is 0 Å². The molecule has 5 heteroatoms. The van der Waals surface area contributed by atoms with E-state index in [-0.39, 0.29) is 5.54 Å². The van der Waals surface area contributed by atoms with Gasteiger partial charge in [0, 0.05) is 43.4 Å². The first-order valence-corrected chi connectivity index (χ1v) is 7.61. The Hall–Kier alpha value is -1.46. The Balaban J connectivity index is 1.94. The first-order valence-electron chi connectivity index (χ1n) is 6.73. The number of hydrogen-bond donors (Lipinski definition) is 1. The molecule has 1 N–H and O–H groups in total. The van der Waals surface area contributed by atoms with Crippen LogP contribution in [0, 0.1) is 0 Å². The van der Waals surface area contributed by atoms with Gasteiger partial charge in [0.25, 0.3) is 0 Å². The third-order valence-corrected chi connectivity index (χ3v) is 3.84. The van der Waals surface area contributed by atoms with Crippen LogP contribution in [0.2, 0.25) is 0 Å². The second kappa shape index (κ2) is 6.33. The van der Waals surface area contributed by atoms with Gasteiger partial charge in [-0.05, 0) is 38.5 Å². The zero-order valence-corrected chi connectivity index (χ0v) is 13.4. The average Bonchev–Trinajstić information content (AvgIpc) is 2.86. The van der Waals surface area contributed by atoms with Crippen LogP contribution in [-0.4, -0.2) is 22.6 Å². The van der Waals surface area contributed by atoms with Crippen molar-refractivity contribution in [3.05, 3.63) is 41.2 Å². The third kappa shape index (κ3) is 4.58. The molecule has 2 heterocycles. The fourth-order valence-corrected chi connectivity index (χ4v) is 2.53. The lowest BCUT2D eigenvalue weighted by Crippen LogP contribution is -2.35. The summed E-state index contributed by atoms with van der Waals surface area (Å²) in [5.74, 6) is 0. The van der Waals surface area contributed by atoms with Gasteiger partial charge in [-0.25, -0.2) is 4.98 Å². The van der Waals surface area contributed by atoms with E-state index in [1.807, 2.05) is 24.5 Å². The minimum Gasteiger partial charge on any atom is -0.347 e. The van der Waals surface area contributed by atoms with Crippen molar-refractivity contribution in [1.82, 2.24) is 15.3 Å². The highest BCUT2D eigenvalue weighted by atomic mass is 32.1. The molecule has 0 saturated carbocycles. The van der Waals surface area contributed by atoms with E-state index in [2.05, 4.69) is 53.4 Å². The monoisotopic (exact) mass is 290 g/mol. The molecule has 0 fully saturated rings. The molecule has 108 valence electrons. The topological polar surface area (TPSA) is 41.1 Å². The molecule has 0 radical (unpaired) electrons. The van der Waals surface area contributed by atoms with E-state index >= 15 is 0 Å². The molecule has 20 heavy (non-hydrogen) atoms. The van der Waals surface area contributed by atoms with Gasteiger partial charge < -0.3 is 10.2 Å². The summed E-state index contributed by atoms with van der Waals surface area (Å²) in [7, 11) is 2.07. The SMILES string of the molecule is CN(Cc1ccncc1)c1nc(CNC(C)(C)C)cs1. The van der Waals surface area contributed by atoms with Crippen LogP contribution in [0.4, 0.5) is 5.13 Å². The summed E-state index contributed by atoms with van der Waals surface area (Å²) in [6.45, 7) is 8.15. The van der Waals surface area contributed by atoms with Gasteiger partial charge in [-0.15, -0.1) is 11.3 Å². The van der Waals surface area contributed by atoms with Crippen LogP contribution in [-0.2, 0) is 13.1 Å². The molecule has 0 amide bonds. The number of nitrogens with zero attached hydrogens (tertiary/aromatic N) is 3. The van der Waals surface area contributed by atoms with Crippen molar-refractivity contribution in [2.75, 3.05) is 11.9 Å². The van der Waals surface area contributed by atoms with Crippen LogP contribution >= 0.6 is 11.3 Å². The molecular weight excluding hydrogens is 268 g/mol. The Morgan fingerprint density at radius 3 is 2.60 bits per heavy atom. The maximum atomic E-state index is 4.68.